The third-order valence-electron chi connectivity index (χ3n) is 1.88. The summed E-state index contributed by atoms with van der Waals surface area (Å²) < 4.78 is 4.06. The molecule has 0 aliphatic heterocycles. The molecule has 0 aliphatic rings. The van der Waals surface area contributed by atoms with Crippen molar-refractivity contribution in [2.75, 3.05) is 0 Å². The Balaban J connectivity index is 2.54. The van der Waals surface area contributed by atoms with Crippen molar-refractivity contribution in [3.63, 3.8) is 0 Å². The largest absolute Gasteiger partial charge is 0.508 e. The predicted octanol–water partition coefficient (Wildman–Crippen LogP) is 3.66. The molecule has 0 radical (unpaired) electrons. The van der Waals surface area contributed by atoms with Crippen LogP contribution in [0.3, 0.4) is 0 Å². The van der Waals surface area contributed by atoms with Crippen molar-refractivity contribution in [1.29, 1.82) is 0 Å². The number of rotatable bonds is 1. The summed E-state index contributed by atoms with van der Waals surface area (Å²) in [5.74, 6) is 0.275. The molecule has 2 rings (SSSR count). The zero-order chi connectivity index (χ0) is 11.0. The number of phenolic OH excluding ortho intramolecular Hbond substituents is 1. The molecule has 1 aromatic carbocycles. The van der Waals surface area contributed by atoms with Crippen LogP contribution in [0.4, 0.5) is 0 Å². The van der Waals surface area contributed by atoms with E-state index in [9.17, 15) is 5.11 Å². The molecule has 1 N–H and O–H groups in total. The molecule has 0 aliphatic carbocycles. The zero-order valence-electron chi connectivity index (χ0n) is 7.28. The second-order valence-corrected chi connectivity index (χ2v) is 5.87. The van der Waals surface area contributed by atoms with Crippen molar-refractivity contribution in [1.82, 2.24) is 7.99 Å². The second kappa shape index (κ2) is 4.73. The molecule has 6 heteroatoms. The number of phenols is 1. The van der Waals surface area contributed by atoms with Gasteiger partial charge >= 0.3 is 0 Å². The number of aromatic nitrogens is 2. The third kappa shape index (κ3) is 2.40. The van der Waals surface area contributed by atoms with Crippen molar-refractivity contribution >= 4 is 68.0 Å². The van der Waals surface area contributed by atoms with Gasteiger partial charge in [-0.05, 0) is 69.4 Å². The van der Waals surface area contributed by atoms with E-state index in [1.807, 2.05) is 15.0 Å². The first kappa shape index (κ1) is 11.9. The average molecular weight is 538 g/mol. The van der Waals surface area contributed by atoms with E-state index < -0.39 is 0 Å². The molecule has 0 spiro atoms. The number of nitrogens with zero attached hydrogens (tertiary/aromatic N) is 2. The van der Waals surface area contributed by atoms with Crippen molar-refractivity contribution < 1.29 is 5.11 Å². The molecular weight excluding hydrogens is 533 g/mol. The Morgan fingerprint density at radius 3 is 2.20 bits per heavy atom. The van der Waals surface area contributed by atoms with Gasteiger partial charge in [0.1, 0.15) is 15.1 Å². The molecule has 15 heavy (non-hydrogen) atoms. The van der Waals surface area contributed by atoms with E-state index in [4.69, 9.17) is 0 Å². The molecule has 1 aromatic heterocycles. The maximum Gasteiger partial charge on any atom is 0.124 e. The van der Waals surface area contributed by atoms with E-state index in [0.29, 0.717) is 0 Å². The quantitative estimate of drug-likeness (QED) is 0.564. The molecule has 0 bridgehead atoms. The molecule has 0 amide bonds. The van der Waals surface area contributed by atoms with Gasteiger partial charge < -0.3 is 5.11 Å². The minimum absolute atomic E-state index is 0.275. The Kier molecular flexibility index (Phi) is 3.75. The molecule has 0 unspecified atom stereocenters. The lowest BCUT2D eigenvalue weighted by molar-refractivity contribution is 0.475. The molecule has 78 valence electrons. The summed E-state index contributed by atoms with van der Waals surface area (Å²) in [4.78, 5) is 0. The van der Waals surface area contributed by atoms with Crippen LogP contribution in [-0.4, -0.2) is 13.1 Å². The maximum atomic E-state index is 9.20. The van der Waals surface area contributed by atoms with Gasteiger partial charge in [0.25, 0.3) is 0 Å². The van der Waals surface area contributed by atoms with E-state index in [2.05, 4.69) is 73.1 Å². The SMILES string of the molecule is Oc1ccc(-c2nn(I)c(I)c2I)cc1. The van der Waals surface area contributed by atoms with Gasteiger partial charge in [0.05, 0.1) is 26.4 Å². The average Bonchev–Trinajstić information content (AvgIpc) is 2.47. The van der Waals surface area contributed by atoms with Crippen LogP contribution < -0.4 is 0 Å². The molecule has 0 saturated carbocycles. The fourth-order valence-electron chi connectivity index (χ4n) is 1.16. The van der Waals surface area contributed by atoms with Crippen LogP contribution in [0.5, 0.6) is 5.75 Å². The van der Waals surface area contributed by atoms with Gasteiger partial charge in [-0.3, -0.25) is 0 Å². The van der Waals surface area contributed by atoms with Crippen molar-refractivity contribution in [3.8, 4) is 17.0 Å². The molecule has 0 fully saturated rings. The van der Waals surface area contributed by atoms with E-state index in [0.717, 1.165) is 18.5 Å². The Bertz CT molecular complexity index is 493. The summed E-state index contributed by atoms with van der Waals surface area (Å²) in [7, 11) is 0. The normalized spacial score (nSPS) is 10.6. The number of hydrogen-bond donors (Lipinski definition) is 1. The van der Waals surface area contributed by atoms with Gasteiger partial charge in [0.2, 0.25) is 0 Å². The number of benzene rings is 1. The van der Waals surface area contributed by atoms with Crippen molar-refractivity contribution in [3.05, 3.63) is 31.5 Å². The summed E-state index contributed by atoms with van der Waals surface area (Å²) in [6, 6.07) is 7.08. The molecule has 3 nitrogen and oxygen atoms in total. The number of halogens is 3. The summed E-state index contributed by atoms with van der Waals surface area (Å²) in [5.41, 5.74) is 1.97. The Morgan fingerprint density at radius 1 is 1.13 bits per heavy atom. The highest BCUT2D eigenvalue weighted by molar-refractivity contribution is 14.1. The van der Waals surface area contributed by atoms with E-state index >= 15 is 0 Å². The molecule has 0 saturated heterocycles. The first-order chi connectivity index (χ1) is 7.09. The predicted molar refractivity (Wildman–Crippen MR) is 84.2 cm³/mol. The highest BCUT2D eigenvalue weighted by atomic mass is 127. The van der Waals surface area contributed by atoms with Gasteiger partial charge in [-0.25, -0.2) is 0 Å². The van der Waals surface area contributed by atoms with Gasteiger partial charge in [0, 0.05) is 5.56 Å². The van der Waals surface area contributed by atoms with Crippen LogP contribution in [0.15, 0.2) is 24.3 Å². The van der Waals surface area contributed by atoms with Crippen LogP contribution in [0, 0.1) is 7.27 Å². The fourth-order valence-corrected chi connectivity index (χ4v) is 3.09. The lowest BCUT2D eigenvalue weighted by Crippen LogP contribution is -1.83. The lowest BCUT2D eigenvalue weighted by atomic mass is 10.1. The summed E-state index contributed by atoms with van der Waals surface area (Å²) >= 11 is 6.69. The Labute approximate surface area is 128 Å². The smallest absolute Gasteiger partial charge is 0.124 e. The lowest BCUT2D eigenvalue weighted by Gasteiger charge is -1.97. The van der Waals surface area contributed by atoms with Crippen LogP contribution in [-0.2, 0) is 0 Å². The fraction of sp³-hybridized carbons (Fsp3) is 0. The molecular formula is C9H5I3N2O. The molecule has 2 aromatic rings. The number of hydrogen-bond acceptors (Lipinski definition) is 2. The Morgan fingerprint density at radius 2 is 1.73 bits per heavy atom. The van der Waals surface area contributed by atoms with E-state index in [1.54, 1.807) is 12.1 Å². The minimum atomic E-state index is 0.275. The maximum absolute atomic E-state index is 9.20. The third-order valence-corrected chi connectivity index (χ3v) is 6.55. The van der Waals surface area contributed by atoms with Crippen molar-refractivity contribution in [2.24, 2.45) is 0 Å². The summed E-state index contributed by atoms with van der Waals surface area (Å²) in [5, 5.41) is 13.6. The summed E-state index contributed by atoms with van der Waals surface area (Å²) in [6.45, 7) is 0. The topological polar surface area (TPSA) is 38.1 Å². The van der Waals surface area contributed by atoms with Crippen LogP contribution in [0.1, 0.15) is 0 Å². The second-order valence-electron chi connectivity index (χ2n) is 2.86. The van der Waals surface area contributed by atoms with E-state index in [1.165, 1.54) is 0 Å². The Hall–Kier alpha value is 0.420. The monoisotopic (exact) mass is 538 g/mol. The van der Waals surface area contributed by atoms with Gasteiger partial charge in [-0.2, -0.15) is 7.99 Å². The highest BCUT2D eigenvalue weighted by Gasteiger charge is 2.13. The number of aromatic hydroxyl groups is 1. The summed E-state index contributed by atoms with van der Waals surface area (Å²) in [6.07, 6.45) is 0. The van der Waals surface area contributed by atoms with Gasteiger partial charge in [-0.15, -0.1) is 0 Å². The van der Waals surface area contributed by atoms with Crippen LogP contribution in [0.2, 0.25) is 0 Å². The zero-order valence-corrected chi connectivity index (χ0v) is 13.8. The van der Waals surface area contributed by atoms with Crippen molar-refractivity contribution in [2.45, 2.75) is 0 Å². The van der Waals surface area contributed by atoms with Crippen LogP contribution >= 0.6 is 68.0 Å². The molecule has 0 atom stereocenters. The first-order valence-electron chi connectivity index (χ1n) is 3.99. The van der Waals surface area contributed by atoms with E-state index in [-0.39, 0.29) is 5.75 Å². The van der Waals surface area contributed by atoms with Gasteiger partial charge in [0.15, 0.2) is 0 Å². The highest BCUT2D eigenvalue weighted by Crippen LogP contribution is 2.29. The first-order valence-corrected chi connectivity index (χ1v) is 7.11. The molecule has 1 heterocycles. The minimum Gasteiger partial charge on any atom is -0.508 e. The van der Waals surface area contributed by atoms with Gasteiger partial charge in [-0.1, -0.05) is 0 Å². The standard InChI is InChI=1S/C9H5I3N2O/c10-7-8(13-14(12)9(7)11)5-1-3-6(15)4-2-5/h1-4,15H. The van der Waals surface area contributed by atoms with Crippen LogP contribution in [0.25, 0.3) is 11.3 Å².